The molecule has 0 spiro atoms. The minimum atomic E-state index is 0. The van der Waals surface area contributed by atoms with Crippen LogP contribution in [0.3, 0.4) is 0 Å². The molecule has 0 amide bonds. The minimum Gasteiger partial charge on any atom is -1.00 e. The summed E-state index contributed by atoms with van der Waals surface area (Å²) in [6, 6.07) is 2.44. The lowest BCUT2D eigenvalue weighted by Gasteiger charge is -2.52. The van der Waals surface area contributed by atoms with Crippen LogP contribution in [-0.2, 0) is 0 Å². The maximum Gasteiger partial charge on any atom is 0.0865 e. The maximum atomic E-state index is 2.58. The molecule has 3 atom stereocenters. The second kappa shape index (κ2) is 19.2. The van der Waals surface area contributed by atoms with Gasteiger partial charge in [-0.15, -0.1) is 0 Å². The Hall–Kier alpha value is 0.250. The number of hydrogen-bond donors (Lipinski definition) is 0. The highest BCUT2D eigenvalue weighted by Crippen LogP contribution is 2.32. The number of hydrogen-bond acceptors (Lipinski definition) is 0. The Balaban J connectivity index is 0. The fourth-order valence-corrected chi connectivity index (χ4v) is 5.56. The fraction of sp³-hybridized carbons (Fsp3) is 1.00. The summed E-state index contributed by atoms with van der Waals surface area (Å²) in [5.41, 5.74) is 0. The topological polar surface area (TPSA) is 0 Å². The van der Waals surface area contributed by atoms with Crippen LogP contribution in [0.4, 0.5) is 0 Å². The molecule has 0 aliphatic carbocycles. The van der Waals surface area contributed by atoms with Crippen molar-refractivity contribution in [1.82, 2.24) is 0 Å². The van der Waals surface area contributed by atoms with E-state index in [1.165, 1.54) is 107 Å². The lowest BCUT2D eigenvalue weighted by molar-refractivity contribution is -0.989. The van der Waals surface area contributed by atoms with Gasteiger partial charge in [-0.1, -0.05) is 78.6 Å². The molecule has 0 aliphatic heterocycles. The Bertz CT molecular complexity index is 272. The molecule has 0 aromatic carbocycles. The molecule has 0 aliphatic rings. The zero-order valence-electron chi connectivity index (χ0n) is 20.9. The summed E-state index contributed by atoms with van der Waals surface area (Å²) in [7, 11) is 0. The molecule has 0 N–H and O–H groups in total. The molecule has 0 aromatic heterocycles. The molecule has 172 valence electrons. The molecule has 2 heteroatoms. The van der Waals surface area contributed by atoms with E-state index < -0.39 is 0 Å². The zero-order chi connectivity index (χ0) is 20.5. The summed E-state index contributed by atoms with van der Waals surface area (Å²) in [6.45, 7) is 18.5. The van der Waals surface area contributed by atoms with E-state index in [2.05, 4.69) is 48.5 Å². The predicted octanol–water partition coefficient (Wildman–Crippen LogP) is 5.90. The monoisotopic (exact) mass is 417 g/mol. The van der Waals surface area contributed by atoms with Crippen LogP contribution in [0.1, 0.15) is 145 Å². The Morgan fingerprint density at radius 1 is 0.464 bits per heavy atom. The van der Waals surface area contributed by atoms with Gasteiger partial charge in [0.15, 0.2) is 0 Å². The minimum absolute atomic E-state index is 0. The van der Waals surface area contributed by atoms with E-state index in [4.69, 9.17) is 0 Å². The van der Waals surface area contributed by atoms with Gasteiger partial charge in [0.2, 0.25) is 0 Å². The molecule has 0 aromatic rings. The van der Waals surface area contributed by atoms with Gasteiger partial charge in [0, 0.05) is 0 Å². The van der Waals surface area contributed by atoms with Gasteiger partial charge in [-0.2, -0.15) is 0 Å². The Kier molecular flexibility index (Phi) is 20.9. The molecule has 0 fully saturated rings. The van der Waals surface area contributed by atoms with Crippen molar-refractivity contribution in [2.24, 2.45) is 0 Å². The maximum absolute atomic E-state index is 2.58. The van der Waals surface area contributed by atoms with Crippen molar-refractivity contribution < 1.29 is 16.9 Å². The van der Waals surface area contributed by atoms with E-state index in [0.29, 0.717) is 0 Å². The van der Waals surface area contributed by atoms with Crippen LogP contribution in [0.25, 0.3) is 0 Å². The van der Waals surface area contributed by atoms with Crippen LogP contribution in [0, 0.1) is 0 Å². The van der Waals surface area contributed by atoms with Crippen LogP contribution < -0.4 is 12.4 Å². The SMILES string of the molecule is CCCCCCC(C)[N+](CC)(C(C)CCCCCC)C(C)CCCCCC.[Cl-]. The fourth-order valence-electron chi connectivity index (χ4n) is 5.56. The normalized spacial score (nSPS) is 16.8. The van der Waals surface area contributed by atoms with E-state index in [9.17, 15) is 0 Å². The Labute approximate surface area is 186 Å². The van der Waals surface area contributed by atoms with E-state index in [0.717, 1.165) is 18.1 Å². The first kappa shape index (κ1) is 30.4. The van der Waals surface area contributed by atoms with Crippen molar-refractivity contribution in [1.29, 1.82) is 0 Å². The second-order valence-corrected chi connectivity index (χ2v) is 9.41. The van der Waals surface area contributed by atoms with E-state index in [1.54, 1.807) is 0 Å². The molecular weight excluding hydrogens is 362 g/mol. The first-order valence-electron chi connectivity index (χ1n) is 12.9. The van der Waals surface area contributed by atoms with Gasteiger partial charge < -0.3 is 16.9 Å². The lowest BCUT2D eigenvalue weighted by Crippen LogP contribution is -3.00. The third-order valence-electron chi connectivity index (χ3n) is 7.44. The van der Waals surface area contributed by atoms with E-state index >= 15 is 0 Å². The highest BCUT2D eigenvalue weighted by Gasteiger charge is 2.41. The second-order valence-electron chi connectivity index (χ2n) is 9.41. The molecule has 0 saturated heterocycles. The van der Waals surface area contributed by atoms with Crippen molar-refractivity contribution in [3.8, 4) is 0 Å². The molecule has 0 rings (SSSR count). The third-order valence-corrected chi connectivity index (χ3v) is 7.44. The van der Waals surface area contributed by atoms with Crippen LogP contribution in [0.15, 0.2) is 0 Å². The largest absolute Gasteiger partial charge is 1.00 e. The Morgan fingerprint density at radius 3 is 0.964 bits per heavy atom. The van der Waals surface area contributed by atoms with E-state index in [-0.39, 0.29) is 12.4 Å². The molecule has 0 saturated carbocycles. The summed E-state index contributed by atoms with van der Waals surface area (Å²) in [6.07, 6.45) is 21.2. The average molecular weight is 418 g/mol. The summed E-state index contributed by atoms with van der Waals surface area (Å²) < 4.78 is 1.38. The Morgan fingerprint density at radius 2 is 0.750 bits per heavy atom. The third kappa shape index (κ3) is 10.9. The lowest BCUT2D eigenvalue weighted by atomic mass is 9.93. The molecule has 3 unspecified atom stereocenters. The van der Waals surface area contributed by atoms with Gasteiger partial charge >= 0.3 is 0 Å². The van der Waals surface area contributed by atoms with Crippen molar-refractivity contribution in [2.45, 2.75) is 163 Å². The first-order valence-corrected chi connectivity index (χ1v) is 12.9. The average Bonchev–Trinajstić information content (AvgIpc) is 2.67. The standard InChI is InChI=1S/C26H56N.ClH/c1-8-12-15-18-21-24(5)27(11-4,25(6)22-19-16-13-9-2)26(7)23-20-17-14-10-3;/h24-26H,8-23H2,1-7H3;1H/q+1;/p-1. The van der Waals surface area contributed by atoms with Crippen LogP contribution in [0.5, 0.6) is 0 Å². The first-order chi connectivity index (χ1) is 13.0. The van der Waals surface area contributed by atoms with Gasteiger partial charge in [-0.25, -0.2) is 0 Å². The molecule has 28 heavy (non-hydrogen) atoms. The number of rotatable bonds is 19. The number of quaternary nitrogens is 1. The number of unbranched alkanes of at least 4 members (excludes halogenated alkanes) is 9. The van der Waals surface area contributed by atoms with Crippen LogP contribution in [-0.4, -0.2) is 29.2 Å². The summed E-state index contributed by atoms with van der Waals surface area (Å²) in [5, 5.41) is 0. The van der Waals surface area contributed by atoms with Crippen molar-refractivity contribution in [3.05, 3.63) is 0 Å². The molecule has 0 bridgehead atoms. The summed E-state index contributed by atoms with van der Waals surface area (Å²) in [4.78, 5) is 0. The van der Waals surface area contributed by atoms with Gasteiger partial charge in [0.1, 0.15) is 0 Å². The number of halogens is 1. The van der Waals surface area contributed by atoms with Crippen LogP contribution >= 0.6 is 0 Å². The molecule has 1 nitrogen and oxygen atoms in total. The van der Waals surface area contributed by atoms with Crippen molar-refractivity contribution >= 4 is 0 Å². The summed E-state index contributed by atoms with van der Waals surface area (Å²) >= 11 is 0. The quantitative estimate of drug-likeness (QED) is 0.181. The van der Waals surface area contributed by atoms with Crippen LogP contribution in [0.2, 0.25) is 0 Å². The summed E-state index contributed by atoms with van der Waals surface area (Å²) in [5.74, 6) is 0. The van der Waals surface area contributed by atoms with Gasteiger partial charge in [-0.05, 0) is 66.2 Å². The van der Waals surface area contributed by atoms with Gasteiger partial charge in [0.05, 0.1) is 24.7 Å². The van der Waals surface area contributed by atoms with Gasteiger partial charge in [0.25, 0.3) is 0 Å². The smallest absolute Gasteiger partial charge is 0.0865 e. The number of nitrogens with zero attached hydrogens (tertiary/aromatic N) is 1. The highest BCUT2D eigenvalue weighted by molar-refractivity contribution is 4.68. The predicted molar refractivity (Wildman–Crippen MR) is 125 cm³/mol. The molecular formula is C26H56ClN. The highest BCUT2D eigenvalue weighted by atomic mass is 35.5. The molecule has 0 radical (unpaired) electrons. The van der Waals surface area contributed by atoms with E-state index in [1.807, 2.05) is 0 Å². The zero-order valence-corrected chi connectivity index (χ0v) is 21.6. The molecule has 0 heterocycles. The van der Waals surface area contributed by atoms with Crippen molar-refractivity contribution in [3.63, 3.8) is 0 Å². The van der Waals surface area contributed by atoms with Crippen molar-refractivity contribution in [2.75, 3.05) is 6.54 Å². The van der Waals surface area contributed by atoms with Gasteiger partial charge in [-0.3, -0.25) is 0 Å².